The number of carbonyl (C=O) groups excluding carboxylic acids is 1. The molecule has 0 saturated carbocycles. The molecule has 12 heavy (non-hydrogen) atoms. The van der Waals surface area contributed by atoms with E-state index < -0.39 is 0 Å². The molecule has 0 aromatic carbocycles. The van der Waals surface area contributed by atoms with Crippen molar-refractivity contribution < 1.29 is 9.53 Å². The molecular weight excluding hydrogens is 174 g/mol. The van der Waals surface area contributed by atoms with Gasteiger partial charge in [-0.2, -0.15) is 11.3 Å². The Bertz CT molecular complexity index is 226. The fraction of sp³-hybridized carbons (Fsp3) is 0.250. The van der Waals surface area contributed by atoms with Crippen LogP contribution in [-0.2, 0) is 9.53 Å². The van der Waals surface area contributed by atoms with Crippen molar-refractivity contribution in [3.8, 4) is 0 Å². The van der Waals surface area contributed by atoms with Crippen molar-refractivity contribution >= 4 is 23.5 Å². The van der Waals surface area contributed by atoms with Crippen molar-refractivity contribution in [2.45, 2.75) is 0 Å². The van der Waals surface area contributed by atoms with E-state index in [1.807, 2.05) is 22.9 Å². The summed E-state index contributed by atoms with van der Waals surface area (Å²) in [6, 6.07) is 4.04. The smallest absolute Gasteiger partial charge is 0.250 e. The third-order valence-corrected chi connectivity index (χ3v) is 1.76. The molecule has 2 heterocycles. The molecular formula is C8H9NO2S. The van der Waals surface area contributed by atoms with Crippen LogP contribution in [0.3, 0.4) is 0 Å². The molecule has 0 atom stereocenters. The predicted octanol–water partition coefficient (Wildman–Crippen LogP) is 1.36. The Morgan fingerprint density at radius 2 is 2.25 bits per heavy atom. The molecule has 3 nitrogen and oxygen atoms in total. The maximum atomic E-state index is 9.75. The zero-order valence-electron chi connectivity index (χ0n) is 6.47. The number of aldehydes is 1. The van der Waals surface area contributed by atoms with Crippen molar-refractivity contribution in [1.82, 2.24) is 0 Å². The van der Waals surface area contributed by atoms with Gasteiger partial charge in [-0.15, -0.1) is 0 Å². The summed E-state index contributed by atoms with van der Waals surface area (Å²) in [6.07, 6.45) is 0.618. The quantitative estimate of drug-likeness (QED) is 0.617. The van der Waals surface area contributed by atoms with Crippen LogP contribution in [0.25, 0.3) is 0 Å². The fourth-order valence-corrected chi connectivity index (χ4v) is 1.10. The van der Waals surface area contributed by atoms with Crippen molar-refractivity contribution in [2.24, 2.45) is 4.99 Å². The molecule has 64 valence electrons. The van der Waals surface area contributed by atoms with E-state index in [-0.39, 0.29) is 5.90 Å². The van der Waals surface area contributed by atoms with Gasteiger partial charge in [0.2, 0.25) is 12.2 Å². The first-order valence-corrected chi connectivity index (χ1v) is 4.47. The monoisotopic (exact) mass is 183 g/mol. The zero-order valence-corrected chi connectivity index (χ0v) is 7.29. The lowest BCUT2D eigenvalue weighted by molar-refractivity contribution is -0.103. The van der Waals surface area contributed by atoms with Gasteiger partial charge < -0.3 is 4.74 Å². The number of hydrogen-bond donors (Lipinski definition) is 0. The lowest BCUT2D eigenvalue weighted by Crippen LogP contribution is -1.97. The molecule has 0 saturated heterocycles. The molecule has 1 aromatic heterocycles. The highest BCUT2D eigenvalue weighted by atomic mass is 32.1. The molecule has 0 aliphatic carbocycles. The van der Waals surface area contributed by atoms with Crippen LogP contribution >= 0.6 is 11.3 Å². The third kappa shape index (κ3) is 3.30. The third-order valence-electron chi connectivity index (χ3n) is 1.14. The second kappa shape index (κ2) is 5.49. The van der Waals surface area contributed by atoms with E-state index in [0.29, 0.717) is 19.4 Å². The average molecular weight is 183 g/mol. The first-order chi connectivity index (χ1) is 5.93. The SMILES string of the molecule is O=CC1=NCCO1.c1ccsc1. The highest BCUT2D eigenvalue weighted by Gasteiger charge is 2.02. The topological polar surface area (TPSA) is 38.7 Å². The maximum Gasteiger partial charge on any atom is 0.250 e. The Morgan fingerprint density at radius 3 is 2.50 bits per heavy atom. The lowest BCUT2D eigenvalue weighted by atomic mass is 10.7. The number of aliphatic imine (C=N–C) groups is 1. The Kier molecular flexibility index (Phi) is 4.08. The van der Waals surface area contributed by atoms with Crippen molar-refractivity contribution in [1.29, 1.82) is 0 Å². The molecule has 0 unspecified atom stereocenters. The van der Waals surface area contributed by atoms with E-state index in [2.05, 4.69) is 9.73 Å². The van der Waals surface area contributed by atoms with Crippen LogP contribution in [0.15, 0.2) is 27.9 Å². The highest BCUT2D eigenvalue weighted by Crippen LogP contribution is 1.91. The van der Waals surface area contributed by atoms with Crippen LogP contribution in [-0.4, -0.2) is 25.3 Å². The van der Waals surface area contributed by atoms with Crippen LogP contribution in [0.4, 0.5) is 0 Å². The second-order valence-electron chi connectivity index (χ2n) is 1.98. The molecule has 0 amide bonds. The van der Waals surface area contributed by atoms with E-state index in [0.717, 1.165) is 0 Å². The minimum absolute atomic E-state index is 0.236. The van der Waals surface area contributed by atoms with E-state index in [1.165, 1.54) is 0 Å². The highest BCUT2D eigenvalue weighted by molar-refractivity contribution is 7.07. The van der Waals surface area contributed by atoms with Crippen molar-refractivity contribution in [3.05, 3.63) is 22.9 Å². The Morgan fingerprint density at radius 1 is 1.50 bits per heavy atom. The zero-order chi connectivity index (χ0) is 8.65. The van der Waals surface area contributed by atoms with Crippen LogP contribution in [0.1, 0.15) is 0 Å². The van der Waals surface area contributed by atoms with Crippen LogP contribution in [0.2, 0.25) is 0 Å². The summed E-state index contributed by atoms with van der Waals surface area (Å²) in [5.74, 6) is 0.236. The molecule has 1 aliphatic heterocycles. The van der Waals surface area contributed by atoms with Gasteiger partial charge in [0, 0.05) is 0 Å². The molecule has 1 aliphatic rings. The van der Waals surface area contributed by atoms with Crippen molar-refractivity contribution in [3.63, 3.8) is 0 Å². The van der Waals surface area contributed by atoms with Gasteiger partial charge in [0.15, 0.2) is 0 Å². The summed E-state index contributed by atoms with van der Waals surface area (Å²) in [4.78, 5) is 13.4. The van der Waals surface area contributed by atoms with E-state index in [1.54, 1.807) is 11.3 Å². The lowest BCUT2D eigenvalue weighted by Gasteiger charge is -1.85. The summed E-state index contributed by atoms with van der Waals surface area (Å²) in [5.41, 5.74) is 0. The number of hydrogen-bond acceptors (Lipinski definition) is 4. The number of nitrogens with zero attached hydrogens (tertiary/aromatic N) is 1. The van der Waals surface area contributed by atoms with Gasteiger partial charge in [-0.05, 0) is 10.8 Å². The molecule has 0 spiro atoms. The number of rotatable bonds is 1. The predicted molar refractivity (Wildman–Crippen MR) is 48.6 cm³/mol. The number of ether oxygens (including phenoxy) is 1. The Hall–Kier alpha value is -1.16. The van der Waals surface area contributed by atoms with E-state index >= 15 is 0 Å². The van der Waals surface area contributed by atoms with Crippen LogP contribution < -0.4 is 0 Å². The molecule has 2 rings (SSSR count). The first kappa shape index (κ1) is 8.93. The summed E-state index contributed by atoms with van der Waals surface area (Å²) in [5, 5.41) is 4.08. The molecule has 1 aromatic rings. The second-order valence-corrected chi connectivity index (χ2v) is 2.80. The van der Waals surface area contributed by atoms with Gasteiger partial charge >= 0.3 is 0 Å². The molecule has 0 radical (unpaired) electrons. The maximum absolute atomic E-state index is 9.75. The normalized spacial score (nSPS) is 13.8. The Balaban J connectivity index is 0.000000127. The first-order valence-electron chi connectivity index (χ1n) is 3.53. The van der Waals surface area contributed by atoms with Gasteiger partial charge in [-0.25, -0.2) is 4.99 Å². The Labute approximate surface area is 74.7 Å². The number of carbonyl (C=O) groups is 1. The fourth-order valence-electron chi connectivity index (χ4n) is 0.650. The summed E-state index contributed by atoms with van der Waals surface area (Å²) in [7, 11) is 0. The molecule has 0 bridgehead atoms. The van der Waals surface area contributed by atoms with Crippen LogP contribution in [0.5, 0.6) is 0 Å². The largest absolute Gasteiger partial charge is 0.474 e. The van der Waals surface area contributed by atoms with Gasteiger partial charge in [-0.3, -0.25) is 4.79 Å². The minimum atomic E-state index is 0.236. The van der Waals surface area contributed by atoms with Gasteiger partial charge in [-0.1, -0.05) is 12.1 Å². The van der Waals surface area contributed by atoms with Crippen LogP contribution in [0, 0.1) is 0 Å². The molecule has 0 N–H and O–H groups in total. The summed E-state index contributed by atoms with van der Waals surface area (Å²) in [6.45, 7) is 1.20. The minimum Gasteiger partial charge on any atom is -0.474 e. The van der Waals surface area contributed by atoms with E-state index in [4.69, 9.17) is 0 Å². The summed E-state index contributed by atoms with van der Waals surface area (Å²) >= 11 is 1.71. The van der Waals surface area contributed by atoms with Crippen molar-refractivity contribution in [2.75, 3.05) is 13.2 Å². The van der Waals surface area contributed by atoms with Gasteiger partial charge in [0.05, 0.1) is 6.54 Å². The molecule has 4 heteroatoms. The number of thiophene rings is 1. The average Bonchev–Trinajstić information content (AvgIpc) is 2.81. The summed E-state index contributed by atoms with van der Waals surface area (Å²) < 4.78 is 4.68. The van der Waals surface area contributed by atoms with E-state index in [9.17, 15) is 4.79 Å². The van der Waals surface area contributed by atoms with Gasteiger partial charge in [0.1, 0.15) is 6.61 Å². The standard InChI is InChI=1S/C4H5NO2.C4H4S/c6-3-4-5-1-2-7-4;1-2-4-5-3-1/h3H,1-2H2;1-4H. The van der Waals surface area contributed by atoms with Gasteiger partial charge in [0.25, 0.3) is 0 Å². The molecule has 0 fully saturated rings.